The minimum Gasteiger partial charge on any atom is -0.497 e. The summed E-state index contributed by atoms with van der Waals surface area (Å²) in [5.41, 5.74) is 1.24. The molecule has 1 atom stereocenters. The van der Waals surface area contributed by atoms with Crippen LogP contribution in [-0.4, -0.2) is 51.4 Å². The number of rotatable bonds is 13. The fraction of sp³-hybridized carbons (Fsp3) is 0.212. The Hall–Kier alpha value is -4.70. The third-order valence-corrected chi connectivity index (χ3v) is 8.68. The first-order valence-electron chi connectivity index (χ1n) is 13.8. The number of hydrogen-bond acceptors (Lipinski definition) is 5. The maximum atomic E-state index is 14.9. The first-order valence-corrected chi connectivity index (χ1v) is 15.2. The molecule has 0 saturated carbocycles. The lowest BCUT2D eigenvalue weighted by Gasteiger charge is -2.33. The van der Waals surface area contributed by atoms with Gasteiger partial charge >= 0.3 is 0 Å². The molecule has 224 valence electrons. The van der Waals surface area contributed by atoms with Gasteiger partial charge in [0.05, 0.1) is 17.7 Å². The van der Waals surface area contributed by atoms with E-state index >= 15 is 0 Å². The Labute approximate surface area is 251 Å². The molecule has 43 heavy (non-hydrogen) atoms. The van der Waals surface area contributed by atoms with E-state index in [4.69, 9.17) is 4.74 Å². The first-order chi connectivity index (χ1) is 20.7. The standard InChI is InChI=1S/C33H34FN3O5S/c1-3-35-33(39)31(22-25-12-6-4-7-13-25)36(23-26-14-10-11-17-30(26)34)32(38)24-37(27-15-8-5-9-16-27)43(40,41)29-20-18-28(42-2)19-21-29/h4-21,31H,3,22-24H2,1-2H3,(H,35,39)/t31-/m1/s1. The molecule has 0 fully saturated rings. The lowest BCUT2D eigenvalue weighted by Crippen LogP contribution is -2.53. The highest BCUT2D eigenvalue weighted by Crippen LogP contribution is 2.26. The second kappa shape index (κ2) is 14.5. The molecular weight excluding hydrogens is 569 g/mol. The monoisotopic (exact) mass is 603 g/mol. The molecule has 0 unspecified atom stereocenters. The van der Waals surface area contributed by atoms with E-state index in [9.17, 15) is 22.4 Å². The zero-order chi connectivity index (χ0) is 30.8. The fourth-order valence-electron chi connectivity index (χ4n) is 4.65. The Bertz CT molecular complexity index is 1620. The van der Waals surface area contributed by atoms with Crippen LogP contribution in [0.25, 0.3) is 0 Å². The smallest absolute Gasteiger partial charge is 0.264 e. The predicted molar refractivity (Wildman–Crippen MR) is 164 cm³/mol. The molecule has 0 spiro atoms. The molecule has 0 heterocycles. The van der Waals surface area contributed by atoms with E-state index in [2.05, 4.69) is 5.32 Å². The Morgan fingerprint density at radius 1 is 0.860 bits per heavy atom. The normalized spacial score (nSPS) is 11.8. The van der Waals surface area contributed by atoms with E-state index in [1.165, 1.54) is 54.5 Å². The lowest BCUT2D eigenvalue weighted by molar-refractivity contribution is -0.140. The number of nitrogens with one attached hydrogen (secondary N) is 1. The molecular formula is C33H34FN3O5S. The second-order valence-corrected chi connectivity index (χ2v) is 11.6. The molecule has 0 aliphatic rings. The molecule has 4 rings (SSSR count). The number of hydrogen-bond donors (Lipinski definition) is 1. The van der Waals surface area contributed by atoms with E-state index in [0.717, 1.165) is 9.87 Å². The number of para-hydroxylation sites is 1. The first kappa shape index (κ1) is 31.2. The number of benzene rings is 4. The minimum atomic E-state index is -4.25. The number of methoxy groups -OCH3 is 1. The Morgan fingerprint density at radius 2 is 1.47 bits per heavy atom. The quantitative estimate of drug-likeness (QED) is 0.237. The summed E-state index contributed by atoms with van der Waals surface area (Å²) in [6.45, 7) is 1.20. The van der Waals surface area contributed by atoms with E-state index in [0.29, 0.717) is 12.3 Å². The van der Waals surface area contributed by atoms with Gasteiger partial charge in [-0.3, -0.25) is 13.9 Å². The highest BCUT2D eigenvalue weighted by molar-refractivity contribution is 7.92. The van der Waals surface area contributed by atoms with E-state index in [-0.39, 0.29) is 29.1 Å². The van der Waals surface area contributed by atoms with Crippen LogP contribution in [0.3, 0.4) is 0 Å². The van der Waals surface area contributed by atoms with Gasteiger partial charge in [0, 0.05) is 25.1 Å². The number of nitrogens with zero attached hydrogens (tertiary/aromatic N) is 2. The number of halogens is 1. The summed E-state index contributed by atoms with van der Waals surface area (Å²) < 4.78 is 49.0. The van der Waals surface area contributed by atoms with Crippen molar-refractivity contribution in [2.24, 2.45) is 0 Å². The van der Waals surface area contributed by atoms with Gasteiger partial charge in [0.25, 0.3) is 10.0 Å². The van der Waals surface area contributed by atoms with E-state index < -0.39 is 40.2 Å². The van der Waals surface area contributed by atoms with Crippen LogP contribution in [0, 0.1) is 5.82 Å². The van der Waals surface area contributed by atoms with Crippen molar-refractivity contribution in [2.45, 2.75) is 30.8 Å². The van der Waals surface area contributed by atoms with Crippen molar-refractivity contribution in [3.05, 3.63) is 126 Å². The number of carbonyl (C=O) groups excluding carboxylic acids is 2. The topological polar surface area (TPSA) is 96.0 Å². The van der Waals surface area contributed by atoms with Crippen molar-refractivity contribution in [1.82, 2.24) is 10.2 Å². The highest BCUT2D eigenvalue weighted by Gasteiger charge is 2.34. The van der Waals surface area contributed by atoms with Gasteiger partial charge in [0.15, 0.2) is 0 Å². The molecule has 2 amide bonds. The fourth-order valence-corrected chi connectivity index (χ4v) is 6.07. The van der Waals surface area contributed by atoms with Crippen molar-refractivity contribution in [2.75, 3.05) is 24.5 Å². The van der Waals surface area contributed by atoms with Gasteiger partial charge in [-0.2, -0.15) is 0 Å². The summed E-state index contributed by atoms with van der Waals surface area (Å²) in [4.78, 5) is 28.9. The Kier molecular flexibility index (Phi) is 10.5. The molecule has 1 N–H and O–H groups in total. The number of likely N-dealkylation sites (N-methyl/N-ethyl adjacent to an activating group) is 1. The molecule has 8 nitrogen and oxygen atoms in total. The second-order valence-electron chi connectivity index (χ2n) is 9.74. The van der Waals surface area contributed by atoms with Gasteiger partial charge in [-0.15, -0.1) is 0 Å². The SMILES string of the molecule is CCNC(=O)[C@@H](Cc1ccccc1)N(Cc1ccccc1F)C(=O)CN(c1ccccc1)S(=O)(=O)c1ccc(OC)cc1. The molecule has 0 bridgehead atoms. The molecule has 0 saturated heterocycles. The Morgan fingerprint density at radius 3 is 2.07 bits per heavy atom. The van der Waals surface area contributed by atoms with E-state index in [1.54, 1.807) is 43.3 Å². The van der Waals surface area contributed by atoms with Crippen LogP contribution >= 0.6 is 0 Å². The van der Waals surface area contributed by atoms with Gasteiger partial charge < -0.3 is 15.0 Å². The predicted octanol–water partition coefficient (Wildman–Crippen LogP) is 4.81. The lowest BCUT2D eigenvalue weighted by atomic mass is 10.0. The van der Waals surface area contributed by atoms with Gasteiger partial charge in [0.1, 0.15) is 24.2 Å². The van der Waals surface area contributed by atoms with Crippen LogP contribution in [-0.2, 0) is 32.6 Å². The molecule has 0 radical (unpaired) electrons. The van der Waals surface area contributed by atoms with Gasteiger partial charge in [-0.05, 0) is 55.0 Å². The van der Waals surface area contributed by atoms with Crippen molar-refractivity contribution in [3.8, 4) is 5.75 Å². The van der Waals surface area contributed by atoms with Crippen molar-refractivity contribution >= 4 is 27.5 Å². The van der Waals surface area contributed by atoms with Crippen molar-refractivity contribution in [1.29, 1.82) is 0 Å². The van der Waals surface area contributed by atoms with Crippen LogP contribution in [0.5, 0.6) is 5.75 Å². The van der Waals surface area contributed by atoms with Crippen LogP contribution in [0.4, 0.5) is 10.1 Å². The summed E-state index contributed by atoms with van der Waals surface area (Å²) in [7, 11) is -2.77. The number of anilines is 1. The molecule has 0 aliphatic heterocycles. The summed E-state index contributed by atoms with van der Waals surface area (Å²) >= 11 is 0. The minimum absolute atomic E-state index is 0.0461. The summed E-state index contributed by atoms with van der Waals surface area (Å²) in [6, 6.07) is 28.2. The highest BCUT2D eigenvalue weighted by atomic mass is 32.2. The zero-order valence-electron chi connectivity index (χ0n) is 24.0. The zero-order valence-corrected chi connectivity index (χ0v) is 24.8. The third kappa shape index (κ3) is 7.78. The van der Waals surface area contributed by atoms with Crippen molar-refractivity contribution < 1.29 is 27.1 Å². The summed E-state index contributed by atoms with van der Waals surface area (Å²) in [6.07, 6.45) is 0.142. The van der Waals surface area contributed by atoms with Gasteiger partial charge in [-0.25, -0.2) is 12.8 Å². The van der Waals surface area contributed by atoms with Crippen LogP contribution < -0.4 is 14.4 Å². The molecule has 4 aromatic rings. The van der Waals surface area contributed by atoms with E-state index in [1.807, 2.05) is 30.3 Å². The van der Waals surface area contributed by atoms with Crippen LogP contribution in [0.2, 0.25) is 0 Å². The average molecular weight is 604 g/mol. The summed E-state index contributed by atoms with van der Waals surface area (Å²) in [5, 5.41) is 2.78. The number of ether oxygens (including phenoxy) is 1. The summed E-state index contributed by atoms with van der Waals surface area (Å²) in [5.74, 6) is -1.17. The molecule has 0 aromatic heterocycles. The average Bonchev–Trinajstić information content (AvgIpc) is 3.03. The molecule has 10 heteroatoms. The van der Waals surface area contributed by atoms with Gasteiger partial charge in [-0.1, -0.05) is 66.7 Å². The van der Waals surface area contributed by atoms with Crippen LogP contribution in [0.1, 0.15) is 18.1 Å². The van der Waals surface area contributed by atoms with Gasteiger partial charge in [0.2, 0.25) is 11.8 Å². The maximum Gasteiger partial charge on any atom is 0.264 e. The third-order valence-electron chi connectivity index (χ3n) is 6.89. The maximum absolute atomic E-state index is 14.9. The molecule has 4 aromatic carbocycles. The van der Waals surface area contributed by atoms with Crippen LogP contribution in [0.15, 0.2) is 114 Å². The molecule has 0 aliphatic carbocycles. The van der Waals surface area contributed by atoms with Crippen molar-refractivity contribution in [3.63, 3.8) is 0 Å². The number of carbonyl (C=O) groups is 2. The largest absolute Gasteiger partial charge is 0.497 e. The number of sulfonamides is 1. The Balaban J connectivity index is 1.78. The number of amides is 2.